The first kappa shape index (κ1) is 50.8. The molecule has 68 heavy (non-hydrogen) atoms. The topological polar surface area (TPSA) is 97.0 Å². The number of nitrogens with one attached hydrogen (secondary N) is 2. The molecule has 8 nitrogen and oxygen atoms in total. The highest BCUT2D eigenvalue weighted by Gasteiger charge is 2.51. The minimum Gasteiger partial charge on any atom is -0.496 e. The third-order valence-electron chi connectivity index (χ3n) is 11.6. The standard InChI is InChI=1S/C52H47F6N3O5.HPS/c1-34-17-19-35(20-18-34)32-66-39-26-23-37(46(29-39)65-2)31-61(33-51(53,54)55)49(64)50(44-15-7-5-12-41(44)42-13-6-8-16-45(42)50)27-9-10-28-59-47(62)30-60-48(63)43-14-4-3-11-40(43)36-21-24-38(25-22-36)52(56,57)58;1-2/h3-8,11-26,29H,9-10,27-28,30-33H2,1-2H3,(H,59,62)(H,60,63);1H. The maximum atomic E-state index is 15.2. The van der Waals surface area contributed by atoms with E-state index in [2.05, 4.69) is 30.5 Å². The third kappa shape index (κ3) is 12.1. The van der Waals surface area contributed by atoms with Crippen molar-refractivity contribution in [3.8, 4) is 33.8 Å². The highest BCUT2D eigenvalue weighted by Crippen LogP contribution is 2.53. The van der Waals surface area contributed by atoms with Gasteiger partial charge in [0.25, 0.3) is 5.91 Å². The zero-order valence-electron chi connectivity index (χ0n) is 37.1. The Morgan fingerprint density at radius 2 is 1.32 bits per heavy atom. The molecule has 6 aromatic carbocycles. The number of carbonyl (C=O) groups excluding carboxylic acids is 3. The SMILES string of the molecule is COc1cc(OCc2ccc(C)cc2)ccc1CN(CC(F)(F)F)C(=O)C1(CCCCNC(=O)CNC(=O)c2ccccc2-c2ccc(C(F)(F)F)cc2)c2ccccc2-c2ccccc21.P=S. The van der Waals surface area contributed by atoms with E-state index in [4.69, 9.17) is 9.47 Å². The molecule has 1 aliphatic carbocycles. The van der Waals surface area contributed by atoms with Crippen LogP contribution in [0.15, 0.2) is 140 Å². The summed E-state index contributed by atoms with van der Waals surface area (Å²) in [5, 5.41) is 5.32. The molecule has 0 spiro atoms. The number of unbranched alkanes of at least 4 members (excludes halogenated alkanes) is 1. The molecule has 7 rings (SSSR count). The lowest BCUT2D eigenvalue weighted by Gasteiger charge is -2.37. The van der Waals surface area contributed by atoms with Crippen LogP contribution in [0.1, 0.15) is 63.0 Å². The van der Waals surface area contributed by atoms with Gasteiger partial charge in [0, 0.05) is 30.3 Å². The molecule has 1 aliphatic rings. The summed E-state index contributed by atoms with van der Waals surface area (Å²) < 4.78 is 94.7. The van der Waals surface area contributed by atoms with Crippen LogP contribution in [0, 0.1) is 6.92 Å². The number of ether oxygens (including phenoxy) is 2. The predicted molar refractivity (Wildman–Crippen MR) is 254 cm³/mol. The molecule has 0 unspecified atom stereocenters. The van der Waals surface area contributed by atoms with Crippen LogP contribution in [0.4, 0.5) is 26.3 Å². The minimum atomic E-state index is -4.75. The second kappa shape index (κ2) is 22.5. The van der Waals surface area contributed by atoms with Crippen molar-refractivity contribution in [2.75, 3.05) is 26.7 Å². The van der Waals surface area contributed by atoms with E-state index in [9.17, 15) is 35.9 Å². The predicted octanol–water partition coefficient (Wildman–Crippen LogP) is 11.4. The summed E-state index contributed by atoms with van der Waals surface area (Å²) in [5.41, 5.74) is 3.62. The summed E-state index contributed by atoms with van der Waals surface area (Å²) in [4.78, 5) is 42.2. The van der Waals surface area contributed by atoms with E-state index < -0.39 is 60.7 Å². The van der Waals surface area contributed by atoms with Crippen LogP contribution >= 0.6 is 8.02 Å². The fourth-order valence-corrected chi connectivity index (χ4v) is 8.45. The summed E-state index contributed by atoms with van der Waals surface area (Å²) in [6.07, 6.45) is -8.49. The van der Waals surface area contributed by atoms with Gasteiger partial charge in [0.2, 0.25) is 11.8 Å². The lowest BCUT2D eigenvalue weighted by molar-refractivity contribution is -0.165. The van der Waals surface area contributed by atoms with Gasteiger partial charge >= 0.3 is 12.4 Å². The van der Waals surface area contributed by atoms with E-state index in [1.54, 1.807) is 60.7 Å². The minimum absolute atomic E-state index is 0.116. The van der Waals surface area contributed by atoms with Crippen molar-refractivity contribution in [3.63, 3.8) is 0 Å². The molecular formula is C52H48F6N3O5PS. The van der Waals surface area contributed by atoms with Crippen LogP contribution in [0.2, 0.25) is 0 Å². The number of alkyl halides is 6. The smallest absolute Gasteiger partial charge is 0.416 e. The molecule has 6 aromatic rings. The van der Waals surface area contributed by atoms with Crippen molar-refractivity contribution >= 4 is 37.5 Å². The fraction of sp³-hybridized carbons (Fsp3) is 0.250. The number of methoxy groups -OCH3 is 1. The third-order valence-corrected chi connectivity index (χ3v) is 11.6. The number of fused-ring (bicyclic) bond motifs is 3. The first-order valence-electron chi connectivity index (χ1n) is 21.5. The lowest BCUT2D eigenvalue weighted by atomic mass is 9.73. The Morgan fingerprint density at radius 1 is 0.721 bits per heavy atom. The van der Waals surface area contributed by atoms with Gasteiger partial charge in [0.05, 0.1) is 19.2 Å². The summed E-state index contributed by atoms with van der Waals surface area (Å²) in [6.45, 7) is 0.0270. The van der Waals surface area contributed by atoms with Crippen molar-refractivity contribution in [2.45, 2.75) is 57.1 Å². The van der Waals surface area contributed by atoms with Gasteiger partial charge in [0.15, 0.2) is 0 Å². The Hall–Kier alpha value is -6.57. The van der Waals surface area contributed by atoms with Crippen molar-refractivity contribution in [1.82, 2.24) is 15.5 Å². The molecule has 0 saturated heterocycles. The number of nitrogens with zero attached hydrogens (tertiary/aromatic N) is 1. The van der Waals surface area contributed by atoms with Crippen molar-refractivity contribution < 1.29 is 50.2 Å². The molecule has 0 fully saturated rings. The van der Waals surface area contributed by atoms with Crippen molar-refractivity contribution in [3.05, 3.63) is 178 Å². The van der Waals surface area contributed by atoms with E-state index in [1.807, 2.05) is 55.5 Å². The Kier molecular flexibility index (Phi) is 16.8. The summed E-state index contributed by atoms with van der Waals surface area (Å²) in [5.74, 6) is -1.16. The van der Waals surface area contributed by atoms with Gasteiger partial charge < -0.3 is 25.0 Å². The molecule has 0 bridgehead atoms. The molecule has 0 atom stereocenters. The number of halogens is 6. The molecule has 0 aromatic heterocycles. The Labute approximate surface area is 397 Å². The molecule has 0 radical (unpaired) electrons. The molecule has 3 amide bonds. The second-order valence-electron chi connectivity index (χ2n) is 16.1. The zero-order valence-corrected chi connectivity index (χ0v) is 38.9. The monoisotopic (exact) mass is 971 g/mol. The summed E-state index contributed by atoms with van der Waals surface area (Å²) >= 11 is 3.89. The molecule has 16 heteroatoms. The van der Waals surface area contributed by atoms with E-state index in [0.717, 1.165) is 39.3 Å². The molecule has 0 heterocycles. The normalized spacial score (nSPS) is 12.4. The Balaban J connectivity index is 0.00000376. The summed E-state index contributed by atoms with van der Waals surface area (Å²) in [7, 11) is 3.96. The van der Waals surface area contributed by atoms with Crippen LogP contribution in [-0.2, 0) is 46.1 Å². The molecule has 0 saturated carbocycles. The number of hydrogen-bond donors (Lipinski definition) is 2. The van der Waals surface area contributed by atoms with Crippen LogP contribution < -0.4 is 20.1 Å². The number of hydrogen-bond acceptors (Lipinski definition) is 6. The van der Waals surface area contributed by atoms with Crippen LogP contribution in [0.25, 0.3) is 22.3 Å². The highest BCUT2D eigenvalue weighted by molar-refractivity contribution is 7.88. The number of amides is 3. The Bertz CT molecular complexity index is 2670. The molecule has 2 N–H and O–H groups in total. The summed E-state index contributed by atoms with van der Waals surface area (Å²) in [6, 6.07) is 37.8. The zero-order chi connectivity index (χ0) is 49.1. The quantitative estimate of drug-likeness (QED) is 0.0537. The second-order valence-corrected chi connectivity index (χ2v) is 16.1. The van der Waals surface area contributed by atoms with E-state index in [1.165, 1.54) is 25.3 Å². The van der Waals surface area contributed by atoms with Gasteiger partial charge in [-0.1, -0.05) is 120 Å². The highest BCUT2D eigenvalue weighted by atomic mass is 32.4. The van der Waals surface area contributed by atoms with E-state index in [-0.39, 0.29) is 30.9 Å². The van der Waals surface area contributed by atoms with Gasteiger partial charge in [-0.2, -0.15) is 26.3 Å². The average molecular weight is 972 g/mol. The number of benzene rings is 6. The number of carbonyl (C=O) groups is 3. The van der Waals surface area contributed by atoms with Crippen LogP contribution in [-0.4, -0.2) is 55.5 Å². The maximum Gasteiger partial charge on any atom is 0.416 e. The van der Waals surface area contributed by atoms with Crippen LogP contribution in [0.3, 0.4) is 0 Å². The van der Waals surface area contributed by atoms with Crippen molar-refractivity contribution in [2.24, 2.45) is 0 Å². The number of aryl methyl sites for hydroxylation is 1. The average Bonchev–Trinajstić information content (AvgIpc) is 3.62. The van der Waals surface area contributed by atoms with Crippen molar-refractivity contribution in [1.29, 1.82) is 0 Å². The van der Waals surface area contributed by atoms with Crippen LogP contribution in [0.5, 0.6) is 11.5 Å². The molecule has 354 valence electrons. The van der Waals surface area contributed by atoms with Gasteiger partial charge in [-0.3, -0.25) is 14.4 Å². The fourth-order valence-electron chi connectivity index (χ4n) is 8.45. The van der Waals surface area contributed by atoms with Gasteiger partial charge in [-0.05, 0) is 103 Å². The lowest BCUT2D eigenvalue weighted by Crippen LogP contribution is -2.49. The number of rotatable bonds is 17. The van der Waals surface area contributed by atoms with Gasteiger partial charge in [0.1, 0.15) is 30.1 Å². The van der Waals surface area contributed by atoms with E-state index >= 15 is 4.79 Å². The van der Waals surface area contributed by atoms with Gasteiger partial charge in [-0.25, -0.2) is 0 Å². The maximum absolute atomic E-state index is 15.2. The molecule has 0 aliphatic heterocycles. The largest absolute Gasteiger partial charge is 0.496 e. The Morgan fingerprint density at radius 3 is 1.93 bits per heavy atom. The molecular weight excluding hydrogens is 924 g/mol. The van der Waals surface area contributed by atoms with Gasteiger partial charge in [-0.15, -0.1) is 0 Å². The first-order valence-corrected chi connectivity index (χ1v) is 23.1. The van der Waals surface area contributed by atoms with E-state index in [0.29, 0.717) is 46.4 Å². The first-order chi connectivity index (χ1) is 32.6.